The SMILES string of the molecule is CCC(=O)/C=C/[C@@]1(CC)C[C@H](CC)[C@H](CC(=O)OC)OO1. The zero-order valence-corrected chi connectivity index (χ0v) is 13.4. The third-order valence-electron chi connectivity index (χ3n) is 4.11. The molecule has 0 aromatic carbocycles. The summed E-state index contributed by atoms with van der Waals surface area (Å²) >= 11 is 0. The number of allylic oxidation sites excluding steroid dienone is 1. The molecule has 1 aliphatic rings. The zero-order valence-electron chi connectivity index (χ0n) is 13.4. The Morgan fingerprint density at radius 3 is 2.57 bits per heavy atom. The predicted molar refractivity (Wildman–Crippen MR) is 78.4 cm³/mol. The van der Waals surface area contributed by atoms with Crippen LogP contribution in [-0.4, -0.2) is 30.6 Å². The molecule has 5 nitrogen and oxygen atoms in total. The second-order valence-corrected chi connectivity index (χ2v) is 5.44. The van der Waals surface area contributed by atoms with Crippen molar-refractivity contribution in [1.82, 2.24) is 0 Å². The van der Waals surface area contributed by atoms with Gasteiger partial charge in [0, 0.05) is 6.42 Å². The van der Waals surface area contributed by atoms with Gasteiger partial charge in [-0.15, -0.1) is 0 Å². The summed E-state index contributed by atoms with van der Waals surface area (Å²) in [5, 5.41) is 0. The first-order valence-corrected chi connectivity index (χ1v) is 7.63. The van der Waals surface area contributed by atoms with Crippen molar-refractivity contribution in [1.29, 1.82) is 0 Å². The molecule has 0 radical (unpaired) electrons. The molecule has 1 fully saturated rings. The summed E-state index contributed by atoms with van der Waals surface area (Å²) in [7, 11) is 1.36. The van der Waals surface area contributed by atoms with E-state index in [1.54, 1.807) is 12.2 Å². The standard InChI is InChI=1S/C16H26O5/c1-5-12-11-16(7-3,9-8-13(17)6-2)21-20-14(12)10-15(18)19-4/h8-9,12,14H,5-7,10-11H2,1-4H3/b9-8+/t12-,14-,16-/m0/s1. The van der Waals surface area contributed by atoms with Crippen LogP contribution in [-0.2, 0) is 24.1 Å². The smallest absolute Gasteiger partial charge is 0.308 e. The lowest BCUT2D eigenvalue weighted by atomic mass is 9.81. The maximum Gasteiger partial charge on any atom is 0.308 e. The number of esters is 1. The topological polar surface area (TPSA) is 61.8 Å². The van der Waals surface area contributed by atoms with E-state index in [9.17, 15) is 9.59 Å². The Labute approximate surface area is 126 Å². The molecule has 0 unspecified atom stereocenters. The maximum absolute atomic E-state index is 11.5. The molecular formula is C16H26O5. The van der Waals surface area contributed by atoms with Gasteiger partial charge in [-0.1, -0.05) is 27.2 Å². The van der Waals surface area contributed by atoms with Crippen molar-refractivity contribution in [3.63, 3.8) is 0 Å². The van der Waals surface area contributed by atoms with Gasteiger partial charge in [0.2, 0.25) is 0 Å². The van der Waals surface area contributed by atoms with Crippen molar-refractivity contribution in [2.45, 2.75) is 64.6 Å². The van der Waals surface area contributed by atoms with E-state index in [1.165, 1.54) is 7.11 Å². The fourth-order valence-electron chi connectivity index (χ4n) is 2.48. The Bertz CT molecular complexity index is 390. The Morgan fingerprint density at radius 2 is 2.05 bits per heavy atom. The van der Waals surface area contributed by atoms with Crippen LogP contribution in [0.3, 0.4) is 0 Å². The number of hydrogen-bond donors (Lipinski definition) is 0. The molecule has 1 aliphatic heterocycles. The molecule has 5 heteroatoms. The number of rotatable bonds is 7. The van der Waals surface area contributed by atoms with E-state index in [-0.39, 0.29) is 30.2 Å². The van der Waals surface area contributed by atoms with Crippen LogP contribution in [0.15, 0.2) is 12.2 Å². The fourth-order valence-corrected chi connectivity index (χ4v) is 2.48. The number of methoxy groups -OCH3 is 1. The monoisotopic (exact) mass is 298 g/mol. The van der Waals surface area contributed by atoms with Crippen LogP contribution in [0.2, 0.25) is 0 Å². The Morgan fingerprint density at radius 1 is 1.33 bits per heavy atom. The summed E-state index contributed by atoms with van der Waals surface area (Å²) in [5.74, 6) is -0.0434. The molecule has 1 saturated heterocycles. The van der Waals surface area contributed by atoms with E-state index in [0.29, 0.717) is 12.8 Å². The first-order valence-electron chi connectivity index (χ1n) is 7.63. The van der Waals surface area contributed by atoms with E-state index in [0.717, 1.165) is 12.8 Å². The average molecular weight is 298 g/mol. The van der Waals surface area contributed by atoms with Gasteiger partial charge in [0.1, 0.15) is 11.7 Å². The van der Waals surface area contributed by atoms with E-state index in [4.69, 9.17) is 9.78 Å². The van der Waals surface area contributed by atoms with Gasteiger partial charge >= 0.3 is 5.97 Å². The lowest BCUT2D eigenvalue weighted by Gasteiger charge is -2.40. The summed E-state index contributed by atoms with van der Waals surface area (Å²) < 4.78 is 4.68. The minimum absolute atomic E-state index is 0.0659. The largest absolute Gasteiger partial charge is 0.469 e. The highest BCUT2D eigenvalue weighted by molar-refractivity contribution is 5.89. The molecule has 0 spiro atoms. The highest BCUT2D eigenvalue weighted by atomic mass is 17.2. The Kier molecular flexibility index (Phi) is 7.05. The van der Waals surface area contributed by atoms with Gasteiger partial charge in [-0.25, -0.2) is 9.78 Å². The maximum atomic E-state index is 11.5. The third-order valence-corrected chi connectivity index (χ3v) is 4.11. The molecule has 21 heavy (non-hydrogen) atoms. The van der Waals surface area contributed by atoms with Crippen molar-refractivity contribution < 1.29 is 24.1 Å². The fraction of sp³-hybridized carbons (Fsp3) is 0.750. The quantitative estimate of drug-likeness (QED) is 0.411. The number of ketones is 1. The van der Waals surface area contributed by atoms with Crippen LogP contribution in [0.5, 0.6) is 0 Å². The first kappa shape index (κ1) is 17.9. The third kappa shape index (κ3) is 4.93. The Balaban J connectivity index is 2.78. The van der Waals surface area contributed by atoms with Crippen LogP contribution in [0.1, 0.15) is 52.9 Å². The minimum atomic E-state index is -0.585. The number of hydrogen-bond acceptors (Lipinski definition) is 5. The predicted octanol–water partition coefficient (Wildman–Crippen LogP) is 2.98. The van der Waals surface area contributed by atoms with Crippen molar-refractivity contribution in [3.05, 3.63) is 12.2 Å². The normalized spacial score (nSPS) is 29.5. The summed E-state index contributed by atoms with van der Waals surface area (Å²) in [5.41, 5.74) is -0.585. The van der Waals surface area contributed by atoms with Crippen molar-refractivity contribution in [3.8, 4) is 0 Å². The lowest BCUT2D eigenvalue weighted by Crippen LogP contribution is -2.44. The highest BCUT2D eigenvalue weighted by Gasteiger charge is 2.41. The molecule has 0 N–H and O–H groups in total. The van der Waals surface area contributed by atoms with Gasteiger partial charge in [0.05, 0.1) is 13.5 Å². The number of ether oxygens (including phenoxy) is 1. The van der Waals surface area contributed by atoms with Gasteiger partial charge in [-0.05, 0) is 30.9 Å². The molecule has 1 heterocycles. The second kappa shape index (κ2) is 8.29. The van der Waals surface area contributed by atoms with Gasteiger partial charge in [-0.2, -0.15) is 0 Å². The molecule has 0 amide bonds. The molecule has 3 atom stereocenters. The van der Waals surface area contributed by atoms with Crippen molar-refractivity contribution in [2.24, 2.45) is 5.92 Å². The molecule has 0 aromatic heterocycles. The zero-order chi connectivity index (χ0) is 15.9. The summed E-state index contributed by atoms with van der Waals surface area (Å²) in [6.07, 6.45) is 6.05. The van der Waals surface area contributed by atoms with Crippen LogP contribution in [0, 0.1) is 5.92 Å². The minimum Gasteiger partial charge on any atom is -0.469 e. The van der Waals surface area contributed by atoms with Gasteiger partial charge in [0.15, 0.2) is 5.78 Å². The molecule has 0 bridgehead atoms. The molecule has 0 aromatic rings. The second-order valence-electron chi connectivity index (χ2n) is 5.44. The Hall–Kier alpha value is -1.20. The molecular weight excluding hydrogens is 272 g/mol. The van der Waals surface area contributed by atoms with Crippen LogP contribution in [0.4, 0.5) is 0 Å². The molecule has 120 valence electrons. The number of carbonyl (C=O) groups excluding carboxylic acids is 2. The van der Waals surface area contributed by atoms with Crippen LogP contribution in [0.25, 0.3) is 0 Å². The van der Waals surface area contributed by atoms with E-state index >= 15 is 0 Å². The van der Waals surface area contributed by atoms with Crippen molar-refractivity contribution >= 4 is 11.8 Å². The number of carbonyl (C=O) groups is 2. The van der Waals surface area contributed by atoms with Crippen LogP contribution < -0.4 is 0 Å². The molecule has 0 saturated carbocycles. The highest BCUT2D eigenvalue weighted by Crippen LogP contribution is 2.37. The summed E-state index contributed by atoms with van der Waals surface area (Å²) in [6, 6.07) is 0. The van der Waals surface area contributed by atoms with Gasteiger partial charge in [-0.3, -0.25) is 9.59 Å². The molecule has 0 aliphatic carbocycles. The summed E-state index contributed by atoms with van der Waals surface area (Å²) in [6.45, 7) is 5.88. The van der Waals surface area contributed by atoms with Crippen LogP contribution >= 0.6 is 0 Å². The van der Waals surface area contributed by atoms with Crippen molar-refractivity contribution in [2.75, 3.05) is 7.11 Å². The van der Waals surface area contributed by atoms with E-state index in [2.05, 4.69) is 11.7 Å². The van der Waals surface area contributed by atoms with Gasteiger partial charge < -0.3 is 4.74 Å². The summed E-state index contributed by atoms with van der Waals surface area (Å²) in [4.78, 5) is 33.9. The van der Waals surface area contributed by atoms with Gasteiger partial charge in [0.25, 0.3) is 0 Å². The lowest BCUT2D eigenvalue weighted by molar-refractivity contribution is -0.409. The molecule has 1 rings (SSSR count). The first-order chi connectivity index (χ1) is 10.00. The van der Waals surface area contributed by atoms with E-state index < -0.39 is 5.60 Å². The average Bonchev–Trinajstić information content (AvgIpc) is 2.53. The van der Waals surface area contributed by atoms with E-state index in [1.807, 2.05) is 13.8 Å².